The Morgan fingerprint density at radius 1 is 1.33 bits per heavy atom. The van der Waals surface area contributed by atoms with Gasteiger partial charge in [-0.3, -0.25) is 0 Å². The summed E-state index contributed by atoms with van der Waals surface area (Å²) in [5.74, 6) is 1.75. The van der Waals surface area contributed by atoms with Crippen molar-refractivity contribution in [2.24, 2.45) is 11.7 Å². The van der Waals surface area contributed by atoms with Gasteiger partial charge in [0, 0.05) is 6.04 Å². The Kier molecular flexibility index (Phi) is 3.27. The number of benzene rings is 1. The molecule has 1 atom stereocenters. The number of ether oxygens (including phenoxy) is 1. The van der Waals surface area contributed by atoms with Gasteiger partial charge >= 0.3 is 0 Å². The van der Waals surface area contributed by atoms with Gasteiger partial charge in [-0.2, -0.15) is 0 Å². The lowest BCUT2D eigenvalue weighted by Crippen LogP contribution is -2.19. The van der Waals surface area contributed by atoms with Crippen molar-refractivity contribution in [3.8, 4) is 5.75 Å². The Labute approximate surface area is 91.4 Å². The van der Waals surface area contributed by atoms with E-state index in [9.17, 15) is 0 Å². The molecule has 0 unspecified atom stereocenters. The molecule has 2 nitrogen and oxygen atoms in total. The Bertz CT molecular complexity index is 301. The Morgan fingerprint density at radius 2 is 2.00 bits per heavy atom. The van der Waals surface area contributed by atoms with Crippen LogP contribution in [-0.4, -0.2) is 6.61 Å². The van der Waals surface area contributed by atoms with Crippen molar-refractivity contribution in [1.29, 1.82) is 0 Å². The Morgan fingerprint density at radius 3 is 2.47 bits per heavy atom. The van der Waals surface area contributed by atoms with Crippen LogP contribution in [0.15, 0.2) is 24.3 Å². The van der Waals surface area contributed by atoms with Crippen LogP contribution in [-0.2, 0) is 0 Å². The summed E-state index contributed by atoms with van der Waals surface area (Å²) in [4.78, 5) is 0. The minimum absolute atomic E-state index is 0.102. The van der Waals surface area contributed by atoms with Crippen LogP contribution in [0.25, 0.3) is 0 Å². The first-order valence-electron chi connectivity index (χ1n) is 5.74. The second-order valence-electron chi connectivity index (χ2n) is 4.47. The molecule has 0 aliphatic heterocycles. The summed E-state index contributed by atoms with van der Waals surface area (Å²) in [6, 6.07) is 8.21. The van der Waals surface area contributed by atoms with E-state index in [4.69, 9.17) is 10.5 Å². The van der Waals surface area contributed by atoms with E-state index in [2.05, 4.69) is 0 Å². The summed E-state index contributed by atoms with van der Waals surface area (Å²) < 4.78 is 5.70. The van der Waals surface area contributed by atoms with Crippen LogP contribution in [0, 0.1) is 5.92 Å². The highest BCUT2D eigenvalue weighted by Crippen LogP contribution is 2.27. The predicted molar refractivity (Wildman–Crippen MR) is 61.9 cm³/mol. The maximum atomic E-state index is 5.78. The third kappa shape index (κ3) is 2.72. The minimum Gasteiger partial charge on any atom is -0.493 e. The molecule has 0 saturated heterocycles. The molecule has 0 amide bonds. The maximum Gasteiger partial charge on any atom is 0.119 e. The summed E-state index contributed by atoms with van der Waals surface area (Å²) in [6.45, 7) is 2.86. The van der Waals surface area contributed by atoms with Gasteiger partial charge in [-0.1, -0.05) is 18.6 Å². The van der Waals surface area contributed by atoms with Crippen molar-refractivity contribution in [3.63, 3.8) is 0 Å². The zero-order valence-electron chi connectivity index (χ0n) is 9.28. The molecule has 1 fully saturated rings. The largest absolute Gasteiger partial charge is 0.493 e. The number of hydrogen-bond donors (Lipinski definition) is 1. The van der Waals surface area contributed by atoms with Gasteiger partial charge < -0.3 is 10.5 Å². The minimum atomic E-state index is 0.102. The molecule has 0 aromatic heterocycles. The van der Waals surface area contributed by atoms with Gasteiger partial charge in [0.15, 0.2) is 0 Å². The first kappa shape index (κ1) is 10.5. The molecule has 2 heteroatoms. The van der Waals surface area contributed by atoms with Gasteiger partial charge in [0.1, 0.15) is 5.75 Å². The molecular formula is C13H19NO. The van der Waals surface area contributed by atoms with Crippen LogP contribution in [0.3, 0.4) is 0 Å². The molecule has 0 heterocycles. The molecule has 2 rings (SSSR count). The zero-order chi connectivity index (χ0) is 10.7. The van der Waals surface area contributed by atoms with E-state index >= 15 is 0 Å². The standard InChI is InChI=1S/C13H19NO/c1-10(14)12-5-7-13(8-6-12)15-9-11-3-2-4-11/h5-8,10-11H,2-4,9,14H2,1H3/t10-/m0/s1. The van der Waals surface area contributed by atoms with Crippen LogP contribution in [0.4, 0.5) is 0 Å². The summed E-state index contributed by atoms with van der Waals surface area (Å²) in [7, 11) is 0. The third-order valence-electron chi connectivity index (χ3n) is 3.12. The van der Waals surface area contributed by atoms with Crippen molar-refractivity contribution < 1.29 is 4.74 Å². The summed E-state index contributed by atoms with van der Waals surface area (Å²) in [6.07, 6.45) is 4.04. The highest BCUT2D eigenvalue weighted by Gasteiger charge is 2.17. The quantitative estimate of drug-likeness (QED) is 0.820. The second kappa shape index (κ2) is 4.67. The van der Waals surface area contributed by atoms with Crippen molar-refractivity contribution in [1.82, 2.24) is 0 Å². The summed E-state index contributed by atoms with van der Waals surface area (Å²) >= 11 is 0. The molecule has 2 N–H and O–H groups in total. The van der Waals surface area contributed by atoms with Crippen molar-refractivity contribution in [3.05, 3.63) is 29.8 Å². The van der Waals surface area contributed by atoms with Crippen molar-refractivity contribution >= 4 is 0 Å². The topological polar surface area (TPSA) is 35.2 Å². The third-order valence-corrected chi connectivity index (χ3v) is 3.12. The first-order chi connectivity index (χ1) is 7.25. The van der Waals surface area contributed by atoms with Crippen molar-refractivity contribution in [2.45, 2.75) is 32.2 Å². The molecule has 1 aliphatic rings. The summed E-state index contributed by atoms with van der Waals surface area (Å²) in [5, 5.41) is 0. The van der Waals surface area contributed by atoms with Gasteiger partial charge in [0.2, 0.25) is 0 Å². The highest BCUT2D eigenvalue weighted by molar-refractivity contribution is 5.28. The van der Waals surface area contributed by atoms with E-state index in [0.717, 1.165) is 23.8 Å². The molecule has 82 valence electrons. The number of nitrogens with two attached hydrogens (primary N) is 1. The van der Waals surface area contributed by atoms with E-state index in [1.54, 1.807) is 0 Å². The first-order valence-corrected chi connectivity index (χ1v) is 5.74. The lowest BCUT2D eigenvalue weighted by Gasteiger charge is -2.25. The zero-order valence-corrected chi connectivity index (χ0v) is 9.28. The van der Waals surface area contributed by atoms with Gasteiger partial charge in [-0.25, -0.2) is 0 Å². The maximum absolute atomic E-state index is 5.78. The molecule has 15 heavy (non-hydrogen) atoms. The van der Waals surface area contributed by atoms with Gasteiger partial charge in [-0.05, 0) is 43.4 Å². The fraction of sp³-hybridized carbons (Fsp3) is 0.538. The fourth-order valence-electron chi connectivity index (χ4n) is 1.74. The molecule has 1 aromatic carbocycles. The van der Waals surface area contributed by atoms with Crippen LogP contribution in [0.2, 0.25) is 0 Å². The summed E-state index contributed by atoms with van der Waals surface area (Å²) in [5.41, 5.74) is 6.93. The van der Waals surface area contributed by atoms with Crippen molar-refractivity contribution in [2.75, 3.05) is 6.61 Å². The normalized spacial score (nSPS) is 18.3. The predicted octanol–water partition coefficient (Wildman–Crippen LogP) is 2.89. The lowest BCUT2D eigenvalue weighted by atomic mass is 9.86. The van der Waals surface area contributed by atoms with Crippen LogP contribution >= 0.6 is 0 Å². The van der Waals surface area contributed by atoms with Crippen LogP contribution in [0.5, 0.6) is 5.75 Å². The SMILES string of the molecule is C[C@H](N)c1ccc(OCC2CCC2)cc1. The molecule has 1 aromatic rings. The monoisotopic (exact) mass is 205 g/mol. The molecule has 0 spiro atoms. The highest BCUT2D eigenvalue weighted by atomic mass is 16.5. The van der Waals surface area contributed by atoms with Gasteiger partial charge in [0.05, 0.1) is 6.61 Å². The lowest BCUT2D eigenvalue weighted by molar-refractivity contribution is 0.180. The molecule has 0 radical (unpaired) electrons. The number of hydrogen-bond acceptors (Lipinski definition) is 2. The number of rotatable bonds is 4. The fourth-order valence-corrected chi connectivity index (χ4v) is 1.74. The van der Waals surface area contributed by atoms with Gasteiger partial charge in [0.25, 0.3) is 0 Å². The molecule has 1 aliphatic carbocycles. The Hall–Kier alpha value is -1.02. The molecule has 0 bridgehead atoms. The Balaban J connectivity index is 1.86. The average molecular weight is 205 g/mol. The van der Waals surface area contributed by atoms with E-state index < -0.39 is 0 Å². The van der Waals surface area contributed by atoms with Crippen LogP contribution < -0.4 is 10.5 Å². The van der Waals surface area contributed by atoms with E-state index in [0.29, 0.717) is 0 Å². The van der Waals surface area contributed by atoms with E-state index in [-0.39, 0.29) is 6.04 Å². The van der Waals surface area contributed by atoms with Crippen LogP contribution in [0.1, 0.15) is 37.8 Å². The smallest absolute Gasteiger partial charge is 0.119 e. The van der Waals surface area contributed by atoms with E-state index in [1.807, 2.05) is 31.2 Å². The van der Waals surface area contributed by atoms with Gasteiger partial charge in [-0.15, -0.1) is 0 Å². The molecular weight excluding hydrogens is 186 g/mol. The van der Waals surface area contributed by atoms with E-state index in [1.165, 1.54) is 19.3 Å². The second-order valence-corrected chi connectivity index (χ2v) is 4.47. The average Bonchev–Trinajstić information content (AvgIpc) is 2.16. The molecule has 1 saturated carbocycles.